The number of aliphatic hydroxyl groups is 1. The molecule has 19 heteroatoms. The summed E-state index contributed by atoms with van der Waals surface area (Å²) >= 11 is 0. The Bertz CT molecular complexity index is 1740. The Morgan fingerprint density at radius 3 is 0.854 bits per heavy atom. The van der Waals surface area contributed by atoms with Crippen molar-refractivity contribution >= 4 is 39.5 Å². The molecule has 0 heterocycles. The van der Waals surface area contributed by atoms with Crippen LogP contribution < -0.4 is 0 Å². The van der Waals surface area contributed by atoms with Crippen LogP contribution in [0, 0.1) is 11.8 Å². The van der Waals surface area contributed by atoms with Gasteiger partial charge in [-0.25, -0.2) is 9.13 Å². The smallest absolute Gasteiger partial charge is 0.462 e. The highest BCUT2D eigenvalue weighted by atomic mass is 31.2. The van der Waals surface area contributed by atoms with Crippen LogP contribution in [0.5, 0.6) is 0 Å². The van der Waals surface area contributed by atoms with Crippen molar-refractivity contribution < 1.29 is 80.2 Å². The van der Waals surface area contributed by atoms with Crippen molar-refractivity contribution in [2.75, 3.05) is 39.6 Å². The van der Waals surface area contributed by atoms with Gasteiger partial charge in [0.2, 0.25) is 0 Å². The second-order valence-corrected chi connectivity index (χ2v) is 28.9. The Kier molecular flexibility index (Phi) is 60.8. The van der Waals surface area contributed by atoms with Gasteiger partial charge in [-0.2, -0.15) is 0 Å². The molecule has 0 saturated heterocycles. The van der Waals surface area contributed by atoms with Gasteiger partial charge < -0.3 is 33.8 Å². The number of esters is 4. The van der Waals surface area contributed by atoms with Gasteiger partial charge in [0.25, 0.3) is 0 Å². The molecule has 0 rings (SSSR count). The largest absolute Gasteiger partial charge is 0.472 e. The van der Waals surface area contributed by atoms with Crippen molar-refractivity contribution in [3.05, 3.63) is 0 Å². The summed E-state index contributed by atoms with van der Waals surface area (Å²) in [6.45, 7) is 9.45. The SMILES string of the molecule is CCCCCCCCCCCCCCCCCC(=O)O[C@H](COC(=O)CCCCCCCCCCCCCCCC)COP(=O)(O)OC[C@@H](O)COP(=O)(O)OC[C@@H](COC(=O)CCCCCCCCC(C)CC)OC(=O)CCCCCCCCCC(C)C. The first-order valence-corrected chi connectivity index (χ1v) is 39.5. The Hall–Kier alpha value is -1.94. The van der Waals surface area contributed by atoms with Crippen LogP contribution in [0.25, 0.3) is 0 Å². The fourth-order valence-electron chi connectivity index (χ4n) is 10.6. The molecule has 0 aromatic rings. The number of unbranched alkanes of at least 4 members (excludes halogenated alkanes) is 38. The molecule has 0 aromatic heterocycles. The highest BCUT2D eigenvalue weighted by Gasteiger charge is 2.30. The van der Waals surface area contributed by atoms with Crippen LogP contribution in [0.15, 0.2) is 0 Å². The summed E-state index contributed by atoms with van der Waals surface area (Å²) in [7, 11) is -9.90. The number of carbonyl (C=O) groups is 4. The molecule has 0 saturated carbocycles. The van der Waals surface area contributed by atoms with Crippen LogP contribution in [0.1, 0.15) is 356 Å². The number of carbonyl (C=O) groups excluding carboxylic acids is 4. The Labute approximate surface area is 543 Å². The summed E-state index contributed by atoms with van der Waals surface area (Å²) in [5.41, 5.74) is 0. The molecule has 0 aliphatic carbocycles. The molecule has 3 unspecified atom stereocenters. The molecule has 0 aliphatic rings. The summed E-state index contributed by atoms with van der Waals surface area (Å²) in [4.78, 5) is 72.5. The molecule has 6 atom stereocenters. The van der Waals surface area contributed by atoms with Gasteiger partial charge in [0.05, 0.1) is 26.4 Å². The highest BCUT2D eigenvalue weighted by Crippen LogP contribution is 2.45. The van der Waals surface area contributed by atoms with Gasteiger partial charge in [-0.15, -0.1) is 0 Å². The zero-order chi connectivity index (χ0) is 65.7. The minimum Gasteiger partial charge on any atom is -0.462 e. The maximum absolute atomic E-state index is 13.0. The Balaban J connectivity index is 5.24. The van der Waals surface area contributed by atoms with E-state index in [4.69, 9.17) is 37.0 Å². The van der Waals surface area contributed by atoms with Gasteiger partial charge in [0, 0.05) is 25.7 Å². The third-order valence-corrected chi connectivity index (χ3v) is 18.5. The average Bonchev–Trinajstić information content (AvgIpc) is 3.72. The van der Waals surface area contributed by atoms with Gasteiger partial charge in [0.1, 0.15) is 19.3 Å². The summed E-state index contributed by atoms with van der Waals surface area (Å²) in [6, 6.07) is 0. The molecule has 0 radical (unpaired) electrons. The second kappa shape index (κ2) is 62.2. The van der Waals surface area contributed by atoms with E-state index in [1.165, 1.54) is 167 Å². The third kappa shape index (κ3) is 63.2. The number of hydrogen-bond acceptors (Lipinski definition) is 15. The van der Waals surface area contributed by atoms with E-state index in [2.05, 4.69) is 41.5 Å². The molecule has 0 spiro atoms. The number of ether oxygens (including phenoxy) is 4. The Morgan fingerprint density at radius 1 is 0.326 bits per heavy atom. The van der Waals surface area contributed by atoms with Crippen LogP contribution in [0.2, 0.25) is 0 Å². The van der Waals surface area contributed by atoms with Crippen molar-refractivity contribution in [2.24, 2.45) is 11.8 Å². The van der Waals surface area contributed by atoms with Crippen LogP contribution in [-0.2, 0) is 65.4 Å². The molecule has 0 aromatic carbocycles. The van der Waals surface area contributed by atoms with Crippen molar-refractivity contribution in [2.45, 2.75) is 374 Å². The monoisotopic (exact) mass is 1310 g/mol. The minimum absolute atomic E-state index is 0.103. The summed E-state index contributed by atoms with van der Waals surface area (Å²) in [6.07, 6.45) is 47.2. The molecule has 0 aliphatic heterocycles. The van der Waals surface area contributed by atoms with Crippen LogP contribution in [0.4, 0.5) is 0 Å². The predicted octanol–water partition coefficient (Wildman–Crippen LogP) is 20.0. The number of aliphatic hydroxyl groups excluding tert-OH is 1. The number of hydrogen-bond donors (Lipinski definition) is 3. The first-order valence-electron chi connectivity index (χ1n) is 36.5. The summed E-state index contributed by atoms with van der Waals surface area (Å²) < 4.78 is 68.3. The van der Waals surface area contributed by atoms with E-state index in [1.807, 2.05) is 0 Å². The topological polar surface area (TPSA) is 237 Å². The maximum atomic E-state index is 13.0. The first-order chi connectivity index (χ1) is 42.9. The van der Waals surface area contributed by atoms with Gasteiger partial charge in [-0.3, -0.25) is 37.3 Å². The van der Waals surface area contributed by atoms with E-state index in [9.17, 15) is 43.2 Å². The van der Waals surface area contributed by atoms with Crippen LogP contribution in [0.3, 0.4) is 0 Å². The fraction of sp³-hybridized carbons (Fsp3) is 0.943. The normalized spacial score (nSPS) is 14.4. The van der Waals surface area contributed by atoms with Gasteiger partial charge in [0.15, 0.2) is 12.2 Å². The van der Waals surface area contributed by atoms with Gasteiger partial charge >= 0.3 is 39.5 Å². The summed E-state index contributed by atoms with van der Waals surface area (Å²) in [5, 5.41) is 10.6. The van der Waals surface area contributed by atoms with E-state index in [1.54, 1.807) is 0 Å². The molecular weight excluding hydrogens is 1170 g/mol. The minimum atomic E-state index is -4.95. The molecule has 0 bridgehead atoms. The lowest BCUT2D eigenvalue weighted by Crippen LogP contribution is -2.30. The number of phosphoric acid groups is 2. The maximum Gasteiger partial charge on any atom is 0.472 e. The second-order valence-electron chi connectivity index (χ2n) is 26.0. The van der Waals surface area contributed by atoms with Crippen molar-refractivity contribution in [3.63, 3.8) is 0 Å². The molecule has 17 nitrogen and oxygen atoms in total. The molecule has 528 valence electrons. The van der Waals surface area contributed by atoms with Crippen LogP contribution in [-0.4, -0.2) is 96.7 Å². The first kappa shape index (κ1) is 87.1. The average molecular weight is 1310 g/mol. The number of rotatable bonds is 69. The van der Waals surface area contributed by atoms with Crippen LogP contribution >= 0.6 is 15.6 Å². The number of phosphoric ester groups is 2. The predicted molar refractivity (Wildman–Crippen MR) is 358 cm³/mol. The standard InChI is InChI=1S/C70H136O17P2/c1-7-10-12-14-16-18-20-22-24-26-28-30-34-42-48-54-69(74)86-65(58-80-67(72)52-46-40-33-29-27-25-23-21-19-17-15-13-11-8-2)60-84-88(76,77)82-56-64(71)57-83-89(78,79)85-61-66(87-70(75)55-49-43-35-31-32-38-44-50-62(4)5)59-81-68(73)53-47-41-37-36-39-45-51-63(6)9-3/h62-66,71H,7-61H2,1-6H3,(H,76,77)(H,78,79)/t63?,64-,65-,66-/m1/s1. The van der Waals surface area contributed by atoms with Crippen molar-refractivity contribution in [3.8, 4) is 0 Å². The lowest BCUT2D eigenvalue weighted by molar-refractivity contribution is -0.161. The van der Waals surface area contributed by atoms with Gasteiger partial charge in [-0.05, 0) is 37.5 Å². The summed E-state index contributed by atoms with van der Waals surface area (Å²) in [5.74, 6) is -0.699. The molecule has 3 N–H and O–H groups in total. The van der Waals surface area contributed by atoms with Crippen molar-refractivity contribution in [1.82, 2.24) is 0 Å². The third-order valence-electron chi connectivity index (χ3n) is 16.6. The lowest BCUT2D eigenvalue weighted by Gasteiger charge is -2.21. The van der Waals surface area contributed by atoms with Crippen molar-refractivity contribution in [1.29, 1.82) is 0 Å². The fourth-order valence-corrected chi connectivity index (χ4v) is 12.1. The Morgan fingerprint density at radius 2 is 0.573 bits per heavy atom. The van der Waals surface area contributed by atoms with E-state index >= 15 is 0 Å². The molecule has 0 amide bonds. The van der Waals surface area contributed by atoms with Gasteiger partial charge in [-0.1, -0.05) is 305 Å². The molecular formula is C70H136O17P2. The molecule has 0 fully saturated rings. The molecule has 89 heavy (non-hydrogen) atoms. The van der Waals surface area contributed by atoms with E-state index in [0.717, 1.165) is 102 Å². The van der Waals surface area contributed by atoms with E-state index in [-0.39, 0.29) is 25.7 Å². The highest BCUT2D eigenvalue weighted by molar-refractivity contribution is 7.47. The zero-order valence-corrected chi connectivity index (χ0v) is 59.5. The lowest BCUT2D eigenvalue weighted by atomic mass is 10.00. The van der Waals surface area contributed by atoms with E-state index < -0.39 is 97.5 Å². The zero-order valence-electron chi connectivity index (χ0n) is 57.7. The van der Waals surface area contributed by atoms with E-state index in [0.29, 0.717) is 31.6 Å². The quantitative estimate of drug-likeness (QED) is 0.0222.